The Morgan fingerprint density at radius 3 is 2.32 bits per heavy atom. The molecular formula is C22H36O3. The Bertz CT molecular complexity index is 419. The maximum absolute atomic E-state index is 10.4. The van der Waals surface area contributed by atoms with Gasteiger partial charge < -0.3 is 10.2 Å². The van der Waals surface area contributed by atoms with Gasteiger partial charge in [-0.1, -0.05) is 74.8 Å². The van der Waals surface area contributed by atoms with Crippen molar-refractivity contribution in [1.29, 1.82) is 0 Å². The van der Waals surface area contributed by atoms with Crippen LogP contribution in [-0.2, 0) is 4.79 Å². The van der Waals surface area contributed by atoms with E-state index in [-0.39, 0.29) is 6.42 Å². The number of aliphatic hydroxyl groups excluding tert-OH is 1. The van der Waals surface area contributed by atoms with Gasteiger partial charge in [-0.15, -0.1) is 0 Å². The van der Waals surface area contributed by atoms with E-state index in [9.17, 15) is 9.90 Å². The SMILES string of the molecule is CCCCCC=CCC=CC=CC(O)CC=CCCCCCC(=O)O. The Morgan fingerprint density at radius 2 is 1.60 bits per heavy atom. The molecule has 0 spiro atoms. The van der Waals surface area contributed by atoms with E-state index in [1.54, 1.807) is 6.08 Å². The molecule has 0 saturated heterocycles. The number of carboxylic acids is 1. The maximum Gasteiger partial charge on any atom is 0.303 e. The molecule has 0 fully saturated rings. The first-order valence-electron chi connectivity index (χ1n) is 9.70. The van der Waals surface area contributed by atoms with E-state index in [4.69, 9.17) is 5.11 Å². The third kappa shape index (κ3) is 20.3. The maximum atomic E-state index is 10.4. The summed E-state index contributed by atoms with van der Waals surface area (Å²) < 4.78 is 0. The number of aliphatic carboxylic acids is 1. The monoisotopic (exact) mass is 348 g/mol. The van der Waals surface area contributed by atoms with Crippen molar-refractivity contribution in [3.63, 3.8) is 0 Å². The summed E-state index contributed by atoms with van der Waals surface area (Å²) in [6.07, 6.45) is 26.3. The number of aliphatic hydroxyl groups is 1. The Morgan fingerprint density at radius 1 is 0.880 bits per heavy atom. The van der Waals surface area contributed by atoms with Gasteiger partial charge in [-0.05, 0) is 44.9 Å². The smallest absolute Gasteiger partial charge is 0.303 e. The molecule has 0 aliphatic carbocycles. The molecule has 2 N–H and O–H groups in total. The highest BCUT2D eigenvalue weighted by atomic mass is 16.4. The van der Waals surface area contributed by atoms with Gasteiger partial charge in [0.25, 0.3) is 0 Å². The van der Waals surface area contributed by atoms with Crippen LogP contribution in [0.5, 0.6) is 0 Å². The van der Waals surface area contributed by atoms with E-state index in [0.717, 1.165) is 32.1 Å². The van der Waals surface area contributed by atoms with Crippen LogP contribution >= 0.6 is 0 Å². The molecule has 0 aliphatic rings. The van der Waals surface area contributed by atoms with Crippen molar-refractivity contribution in [1.82, 2.24) is 0 Å². The van der Waals surface area contributed by atoms with Gasteiger partial charge in [0.1, 0.15) is 0 Å². The fourth-order valence-electron chi connectivity index (χ4n) is 2.30. The molecule has 0 radical (unpaired) electrons. The van der Waals surface area contributed by atoms with Crippen LogP contribution in [0.2, 0.25) is 0 Å². The quantitative estimate of drug-likeness (QED) is 0.205. The molecule has 0 bridgehead atoms. The van der Waals surface area contributed by atoms with Gasteiger partial charge in [0.2, 0.25) is 0 Å². The average Bonchev–Trinajstić information content (AvgIpc) is 2.58. The van der Waals surface area contributed by atoms with Crippen LogP contribution < -0.4 is 0 Å². The zero-order valence-corrected chi connectivity index (χ0v) is 15.8. The van der Waals surface area contributed by atoms with Crippen molar-refractivity contribution in [2.24, 2.45) is 0 Å². The van der Waals surface area contributed by atoms with Gasteiger partial charge >= 0.3 is 5.97 Å². The molecule has 0 aromatic carbocycles. The van der Waals surface area contributed by atoms with Crippen molar-refractivity contribution in [2.75, 3.05) is 0 Å². The molecule has 25 heavy (non-hydrogen) atoms. The van der Waals surface area contributed by atoms with Crippen LogP contribution in [0.25, 0.3) is 0 Å². The fraction of sp³-hybridized carbons (Fsp3) is 0.591. The lowest BCUT2D eigenvalue weighted by molar-refractivity contribution is -0.137. The zero-order chi connectivity index (χ0) is 18.6. The summed E-state index contributed by atoms with van der Waals surface area (Å²) in [5.41, 5.74) is 0. The van der Waals surface area contributed by atoms with Crippen molar-refractivity contribution >= 4 is 5.97 Å². The minimum absolute atomic E-state index is 0.259. The van der Waals surface area contributed by atoms with Crippen molar-refractivity contribution < 1.29 is 15.0 Å². The number of carboxylic acid groups (broad SMARTS) is 1. The summed E-state index contributed by atoms with van der Waals surface area (Å²) in [7, 11) is 0. The van der Waals surface area contributed by atoms with E-state index < -0.39 is 12.1 Å². The van der Waals surface area contributed by atoms with Crippen LogP contribution in [0.4, 0.5) is 0 Å². The lowest BCUT2D eigenvalue weighted by Crippen LogP contribution is -1.98. The minimum atomic E-state index is -0.720. The van der Waals surface area contributed by atoms with Crippen molar-refractivity contribution in [2.45, 2.75) is 83.7 Å². The van der Waals surface area contributed by atoms with Gasteiger partial charge in [-0.2, -0.15) is 0 Å². The third-order valence-electron chi connectivity index (χ3n) is 3.80. The molecule has 0 saturated carbocycles. The van der Waals surface area contributed by atoms with E-state index >= 15 is 0 Å². The minimum Gasteiger partial charge on any atom is -0.481 e. The first-order valence-corrected chi connectivity index (χ1v) is 9.70. The standard InChI is InChI=1S/C22H36O3/c1-2-3-4-5-6-7-8-9-12-15-18-21(23)19-16-13-10-11-14-17-20-22(24)25/h6-7,9,12-13,15-16,18,21,23H,2-5,8,10-11,14,17,19-20H2,1H3,(H,24,25). The molecule has 142 valence electrons. The molecule has 0 amide bonds. The number of hydrogen-bond donors (Lipinski definition) is 2. The lowest BCUT2D eigenvalue weighted by Gasteiger charge is -1.99. The summed E-state index contributed by atoms with van der Waals surface area (Å²) in [5, 5.41) is 18.4. The number of hydrogen-bond acceptors (Lipinski definition) is 2. The van der Waals surface area contributed by atoms with E-state index in [1.807, 2.05) is 18.2 Å². The van der Waals surface area contributed by atoms with Crippen LogP contribution in [-0.4, -0.2) is 22.3 Å². The summed E-state index contributed by atoms with van der Waals surface area (Å²) in [6, 6.07) is 0. The highest BCUT2D eigenvalue weighted by Crippen LogP contribution is 2.05. The Kier molecular flexibility index (Phi) is 17.5. The second kappa shape index (κ2) is 18.7. The second-order valence-corrected chi connectivity index (χ2v) is 6.28. The van der Waals surface area contributed by atoms with Crippen molar-refractivity contribution in [3.05, 3.63) is 48.6 Å². The normalized spacial score (nSPS) is 13.7. The molecule has 0 aliphatic heterocycles. The lowest BCUT2D eigenvalue weighted by atomic mass is 10.1. The molecule has 0 aromatic rings. The third-order valence-corrected chi connectivity index (χ3v) is 3.80. The Hall–Kier alpha value is -1.61. The van der Waals surface area contributed by atoms with E-state index in [2.05, 4.69) is 31.2 Å². The Balaban J connectivity index is 3.58. The first-order chi connectivity index (χ1) is 12.2. The first kappa shape index (κ1) is 23.4. The predicted molar refractivity (Wildman–Crippen MR) is 107 cm³/mol. The molecule has 3 nitrogen and oxygen atoms in total. The van der Waals surface area contributed by atoms with E-state index in [1.165, 1.54) is 25.7 Å². The van der Waals surface area contributed by atoms with Gasteiger partial charge in [0.15, 0.2) is 0 Å². The Labute approximate surface area is 153 Å². The topological polar surface area (TPSA) is 57.5 Å². The van der Waals surface area contributed by atoms with Gasteiger partial charge in [0.05, 0.1) is 6.10 Å². The van der Waals surface area contributed by atoms with Crippen LogP contribution in [0.3, 0.4) is 0 Å². The number of carbonyl (C=O) groups is 1. The predicted octanol–water partition coefficient (Wildman–Crippen LogP) is 5.97. The van der Waals surface area contributed by atoms with Gasteiger partial charge in [0, 0.05) is 6.42 Å². The molecule has 0 aromatic heterocycles. The molecule has 1 atom stereocenters. The van der Waals surface area contributed by atoms with E-state index in [0.29, 0.717) is 6.42 Å². The van der Waals surface area contributed by atoms with Gasteiger partial charge in [-0.25, -0.2) is 0 Å². The van der Waals surface area contributed by atoms with Crippen LogP contribution in [0.1, 0.15) is 77.6 Å². The highest BCUT2D eigenvalue weighted by Gasteiger charge is 1.96. The van der Waals surface area contributed by atoms with Crippen LogP contribution in [0, 0.1) is 0 Å². The summed E-state index contributed by atoms with van der Waals surface area (Å²) in [6.45, 7) is 2.22. The average molecular weight is 349 g/mol. The summed E-state index contributed by atoms with van der Waals surface area (Å²) in [4.78, 5) is 10.4. The number of allylic oxidation sites excluding steroid dienone is 6. The largest absolute Gasteiger partial charge is 0.481 e. The molecule has 0 heterocycles. The van der Waals surface area contributed by atoms with Gasteiger partial charge in [-0.3, -0.25) is 4.79 Å². The fourth-order valence-corrected chi connectivity index (χ4v) is 2.30. The molecule has 0 rings (SSSR count). The molecule has 1 unspecified atom stereocenters. The van der Waals surface area contributed by atoms with Crippen molar-refractivity contribution in [3.8, 4) is 0 Å². The molecule has 3 heteroatoms. The molecular weight excluding hydrogens is 312 g/mol. The second-order valence-electron chi connectivity index (χ2n) is 6.28. The summed E-state index contributed by atoms with van der Waals surface area (Å²) in [5.74, 6) is -0.720. The zero-order valence-electron chi connectivity index (χ0n) is 15.8. The summed E-state index contributed by atoms with van der Waals surface area (Å²) >= 11 is 0. The number of rotatable bonds is 16. The highest BCUT2D eigenvalue weighted by molar-refractivity contribution is 5.66. The number of unbranched alkanes of at least 4 members (excludes halogenated alkanes) is 6. The van der Waals surface area contributed by atoms with Crippen LogP contribution in [0.15, 0.2) is 48.6 Å².